The minimum Gasteiger partial charge on any atom is -0.444 e. The molecule has 0 unspecified atom stereocenters. The second kappa shape index (κ2) is 13.5. The van der Waals surface area contributed by atoms with Gasteiger partial charge in [-0.15, -0.1) is 24.0 Å². The fraction of sp³-hybridized carbons (Fsp3) is 0.900. The van der Waals surface area contributed by atoms with Gasteiger partial charge >= 0.3 is 6.09 Å². The number of carbonyl (C=O) groups excluding carboxylic acids is 1. The lowest BCUT2D eigenvalue weighted by atomic mass is 10.2. The average Bonchev–Trinajstić information content (AvgIpc) is 3.46. The van der Waals surface area contributed by atoms with Crippen molar-refractivity contribution in [2.45, 2.75) is 58.6 Å². The van der Waals surface area contributed by atoms with Crippen molar-refractivity contribution < 1.29 is 14.3 Å². The quantitative estimate of drug-likeness (QED) is 0.208. The molecular weight excluding hydrogens is 485 g/mol. The zero-order valence-corrected chi connectivity index (χ0v) is 20.9. The highest BCUT2D eigenvalue weighted by molar-refractivity contribution is 14.0. The second-order valence-corrected chi connectivity index (χ2v) is 8.40. The largest absolute Gasteiger partial charge is 0.444 e. The first-order valence-electron chi connectivity index (χ1n) is 10.7. The molecule has 8 nitrogen and oxygen atoms in total. The Bertz CT molecular complexity index is 503. The maximum absolute atomic E-state index is 12.4. The monoisotopic (exact) mass is 525 g/mol. The summed E-state index contributed by atoms with van der Waals surface area (Å²) in [5.41, 5.74) is -0.464. The van der Waals surface area contributed by atoms with Gasteiger partial charge in [-0.25, -0.2) is 4.79 Å². The van der Waals surface area contributed by atoms with Crippen molar-refractivity contribution in [3.63, 3.8) is 0 Å². The number of hydrogen-bond acceptors (Lipinski definition) is 5. The van der Waals surface area contributed by atoms with E-state index in [1.165, 1.54) is 0 Å². The Kier molecular flexibility index (Phi) is 12.2. The summed E-state index contributed by atoms with van der Waals surface area (Å²) in [5, 5.41) is 6.62. The van der Waals surface area contributed by atoms with E-state index in [2.05, 4.69) is 27.4 Å². The van der Waals surface area contributed by atoms with Crippen LogP contribution in [0.5, 0.6) is 0 Å². The van der Waals surface area contributed by atoms with E-state index in [-0.39, 0.29) is 30.1 Å². The Hall–Kier alpha value is -0.810. The van der Waals surface area contributed by atoms with Crippen LogP contribution < -0.4 is 10.6 Å². The highest BCUT2D eigenvalue weighted by Gasteiger charge is 2.34. The molecule has 29 heavy (non-hydrogen) atoms. The predicted molar refractivity (Wildman–Crippen MR) is 127 cm³/mol. The van der Waals surface area contributed by atoms with Gasteiger partial charge in [0.15, 0.2) is 5.96 Å². The molecule has 0 aromatic heterocycles. The van der Waals surface area contributed by atoms with Gasteiger partial charge in [0.05, 0.1) is 13.2 Å². The van der Waals surface area contributed by atoms with Gasteiger partial charge in [0, 0.05) is 51.9 Å². The topological polar surface area (TPSA) is 78.4 Å². The smallest absolute Gasteiger partial charge is 0.410 e. The van der Waals surface area contributed by atoms with Crippen molar-refractivity contribution in [2.75, 3.05) is 59.0 Å². The maximum atomic E-state index is 12.4. The third-order valence-electron chi connectivity index (χ3n) is 4.61. The predicted octanol–water partition coefficient (Wildman–Crippen LogP) is 2.28. The molecule has 0 radical (unpaired) electrons. The molecule has 2 aliphatic rings. The minimum absolute atomic E-state index is 0. The third kappa shape index (κ3) is 11.2. The average molecular weight is 525 g/mol. The number of morpholine rings is 1. The molecule has 1 aliphatic carbocycles. The van der Waals surface area contributed by atoms with E-state index in [0.717, 1.165) is 71.2 Å². The number of amides is 1. The lowest BCUT2D eigenvalue weighted by Gasteiger charge is -2.27. The van der Waals surface area contributed by atoms with Gasteiger partial charge in [0.1, 0.15) is 5.60 Å². The van der Waals surface area contributed by atoms with Crippen LogP contribution in [-0.4, -0.2) is 92.5 Å². The zero-order chi connectivity index (χ0) is 20.4. The van der Waals surface area contributed by atoms with Gasteiger partial charge in [-0.1, -0.05) is 0 Å². The van der Waals surface area contributed by atoms with E-state index in [4.69, 9.17) is 9.47 Å². The van der Waals surface area contributed by atoms with Crippen molar-refractivity contribution in [3.8, 4) is 0 Å². The number of ether oxygens (including phenoxy) is 2. The first-order valence-corrected chi connectivity index (χ1v) is 10.7. The zero-order valence-electron chi connectivity index (χ0n) is 18.5. The highest BCUT2D eigenvalue weighted by atomic mass is 127. The standard InChI is InChI=1S/C20H39N5O3.HI/c1-5-21-18(22-9-6-11-24-13-15-27-16-14-24)23-10-12-25(17-7-8-17)19(26)28-20(2,3)4;/h17H,5-16H2,1-4H3,(H2,21,22,23);1H. The van der Waals surface area contributed by atoms with Gasteiger partial charge in [-0.3, -0.25) is 9.89 Å². The van der Waals surface area contributed by atoms with Crippen LogP contribution in [0, 0.1) is 0 Å². The molecular formula is C20H40IN5O3. The summed E-state index contributed by atoms with van der Waals surface area (Å²) < 4.78 is 10.9. The number of guanidine groups is 1. The van der Waals surface area contributed by atoms with Gasteiger partial charge in [0.25, 0.3) is 0 Å². The molecule has 2 N–H and O–H groups in total. The normalized spacial score (nSPS) is 18.0. The van der Waals surface area contributed by atoms with Crippen LogP contribution in [0.1, 0.15) is 47.0 Å². The summed E-state index contributed by atoms with van der Waals surface area (Å²) in [6, 6.07) is 0.324. The van der Waals surface area contributed by atoms with Crippen LogP contribution in [0.2, 0.25) is 0 Å². The summed E-state index contributed by atoms with van der Waals surface area (Å²) >= 11 is 0. The van der Waals surface area contributed by atoms with E-state index in [0.29, 0.717) is 19.1 Å². The van der Waals surface area contributed by atoms with Crippen LogP contribution in [0.25, 0.3) is 0 Å². The lowest BCUT2D eigenvalue weighted by Crippen LogP contribution is -2.45. The summed E-state index contributed by atoms with van der Waals surface area (Å²) in [5.74, 6) is 0.810. The van der Waals surface area contributed by atoms with E-state index < -0.39 is 5.60 Å². The Morgan fingerprint density at radius 3 is 2.52 bits per heavy atom. The molecule has 2 rings (SSSR count). The Morgan fingerprint density at radius 1 is 1.24 bits per heavy atom. The van der Waals surface area contributed by atoms with E-state index in [9.17, 15) is 4.79 Å². The van der Waals surface area contributed by atoms with Crippen LogP contribution in [0.3, 0.4) is 0 Å². The number of aliphatic imine (C=N–C) groups is 1. The molecule has 1 saturated carbocycles. The Labute approximate surface area is 193 Å². The van der Waals surface area contributed by atoms with Crippen LogP contribution in [0.4, 0.5) is 4.79 Å². The van der Waals surface area contributed by atoms with Crippen molar-refractivity contribution in [1.29, 1.82) is 0 Å². The summed E-state index contributed by atoms with van der Waals surface area (Å²) in [6.07, 6.45) is 2.94. The van der Waals surface area contributed by atoms with Crippen LogP contribution >= 0.6 is 24.0 Å². The van der Waals surface area contributed by atoms with Crippen molar-refractivity contribution >= 4 is 36.0 Å². The summed E-state index contributed by atoms with van der Waals surface area (Å²) in [7, 11) is 0. The van der Waals surface area contributed by atoms with E-state index >= 15 is 0 Å². The molecule has 1 aliphatic heterocycles. The number of nitrogens with zero attached hydrogens (tertiary/aromatic N) is 3. The van der Waals surface area contributed by atoms with Gasteiger partial charge < -0.3 is 25.0 Å². The molecule has 0 aromatic carbocycles. The highest BCUT2D eigenvalue weighted by Crippen LogP contribution is 2.27. The van der Waals surface area contributed by atoms with E-state index in [1.807, 2.05) is 25.7 Å². The number of hydrogen-bond donors (Lipinski definition) is 2. The molecule has 2 fully saturated rings. The molecule has 170 valence electrons. The fourth-order valence-corrected chi connectivity index (χ4v) is 3.08. The van der Waals surface area contributed by atoms with Crippen LogP contribution in [-0.2, 0) is 9.47 Å². The molecule has 1 saturated heterocycles. The van der Waals surface area contributed by atoms with Crippen molar-refractivity contribution in [1.82, 2.24) is 20.4 Å². The number of carbonyl (C=O) groups is 1. The first kappa shape index (κ1) is 26.2. The van der Waals surface area contributed by atoms with Crippen molar-refractivity contribution in [3.05, 3.63) is 0 Å². The van der Waals surface area contributed by atoms with Crippen LogP contribution in [0.15, 0.2) is 4.99 Å². The SMILES string of the molecule is CCNC(=NCCCN1CCOCC1)NCCN(C(=O)OC(C)(C)C)C1CC1.I. The first-order chi connectivity index (χ1) is 13.4. The van der Waals surface area contributed by atoms with E-state index in [1.54, 1.807) is 0 Å². The minimum atomic E-state index is -0.464. The molecule has 0 bridgehead atoms. The van der Waals surface area contributed by atoms with Gasteiger partial charge in [-0.2, -0.15) is 0 Å². The summed E-state index contributed by atoms with van der Waals surface area (Å²) in [6.45, 7) is 15.4. The van der Waals surface area contributed by atoms with Crippen molar-refractivity contribution in [2.24, 2.45) is 4.99 Å². The summed E-state index contributed by atoms with van der Waals surface area (Å²) in [4.78, 5) is 21.4. The Balaban J connectivity index is 0.00000420. The Morgan fingerprint density at radius 2 is 1.93 bits per heavy atom. The third-order valence-corrected chi connectivity index (χ3v) is 4.61. The fourth-order valence-electron chi connectivity index (χ4n) is 3.08. The number of rotatable bonds is 9. The maximum Gasteiger partial charge on any atom is 0.410 e. The second-order valence-electron chi connectivity index (χ2n) is 8.40. The lowest BCUT2D eigenvalue weighted by molar-refractivity contribution is 0.0238. The molecule has 0 atom stereocenters. The van der Waals surface area contributed by atoms with Gasteiger partial charge in [-0.05, 0) is 47.0 Å². The molecule has 1 heterocycles. The number of halogens is 1. The molecule has 9 heteroatoms. The molecule has 0 spiro atoms. The molecule has 1 amide bonds. The van der Waals surface area contributed by atoms with Gasteiger partial charge in [0.2, 0.25) is 0 Å². The molecule has 0 aromatic rings. The number of nitrogens with one attached hydrogen (secondary N) is 2.